The fourth-order valence-electron chi connectivity index (χ4n) is 1.89. The second kappa shape index (κ2) is 4.88. The lowest BCUT2D eigenvalue weighted by molar-refractivity contribution is 0.730. The Kier molecular flexibility index (Phi) is 3.28. The molecule has 0 saturated heterocycles. The van der Waals surface area contributed by atoms with Gasteiger partial charge in [0.25, 0.3) is 0 Å². The van der Waals surface area contributed by atoms with E-state index in [1.165, 1.54) is 0 Å². The lowest BCUT2D eigenvalue weighted by Crippen LogP contribution is -2.04. The van der Waals surface area contributed by atoms with Gasteiger partial charge in [0.1, 0.15) is 6.07 Å². The first-order valence-corrected chi connectivity index (χ1v) is 5.71. The highest BCUT2D eigenvalue weighted by atomic mass is 15.3. The Morgan fingerprint density at radius 1 is 1.44 bits per heavy atom. The van der Waals surface area contributed by atoms with Gasteiger partial charge in [0.15, 0.2) is 5.69 Å². The van der Waals surface area contributed by atoms with Gasteiger partial charge < -0.3 is 5.32 Å². The number of anilines is 1. The van der Waals surface area contributed by atoms with Gasteiger partial charge in [-0.1, -0.05) is 0 Å². The molecule has 0 aliphatic carbocycles. The van der Waals surface area contributed by atoms with E-state index in [0.29, 0.717) is 12.2 Å². The van der Waals surface area contributed by atoms with Gasteiger partial charge in [-0.05, 0) is 26.0 Å². The molecular weight excluding hydrogens is 226 g/mol. The average Bonchev–Trinajstić information content (AvgIpc) is 2.62. The highest BCUT2D eigenvalue weighted by Crippen LogP contribution is 2.16. The number of hydrogen-bond acceptors (Lipinski definition) is 4. The van der Waals surface area contributed by atoms with Gasteiger partial charge in [-0.2, -0.15) is 10.4 Å². The van der Waals surface area contributed by atoms with Crippen molar-refractivity contribution in [2.75, 3.05) is 5.32 Å². The van der Waals surface area contributed by atoms with Crippen LogP contribution >= 0.6 is 0 Å². The van der Waals surface area contributed by atoms with Crippen LogP contribution in [-0.2, 0) is 13.6 Å². The third kappa shape index (κ3) is 2.18. The van der Waals surface area contributed by atoms with Gasteiger partial charge in [-0.3, -0.25) is 4.68 Å². The quantitative estimate of drug-likeness (QED) is 0.891. The fourth-order valence-corrected chi connectivity index (χ4v) is 1.89. The van der Waals surface area contributed by atoms with Crippen LogP contribution in [0.2, 0.25) is 0 Å². The van der Waals surface area contributed by atoms with Gasteiger partial charge in [0.2, 0.25) is 0 Å². The van der Waals surface area contributed by atoms with Crippen LogP contribution in [0.1, 0.15) is 22.6 Å². The molecule has 1 N–H and O–H groups in total. The van der Waals surface area contributed by atoms with Gasteiger partial charge >= 0.3 is 0 Å². The molecule has 5 heteroatoms. The van der Waals surface area contributed by atoms with Crippen LogP contribution in [-0.4, -0.2) is 14.8 Å². The normalized spacial score (nSPS) is 10.1. The Hall–Kier alpha value is -2.35. The fraction of sp³-hybridized carbons (Fsp3) is 0.308. The minimum atomic E-state index is 0.414. The van der Waals surface area contributed by atoms with E-state index in [9.17, 15) is 0 Å². The molecule has 0 aliphatic rings. The smallest absolute Gasteiger partial charge is 0.163 e. The van der Waals surface area contributed by atoms with E-state index in [4.69, 9.17) is 5.26 Å². The summed E-state index contributed by atoms with van der Waals surface area (Å²) in [6.45, 7) is 4.66. The maximum absolute atomic E-state index is 8.96. The molecule has 0 radical (unpaired) electrons. The first-order chi connectivity index (χ1) is 8.63. The van der Waals surface area contributed by atoms with Crippen molar-refractivity contribution in [3.63, 3.8) is 0 Å². The second-order valence-electron chi connectivity index (χ2n) is 4.14. The van der Waals surface area contributed by atoms with Crippen LogP contribution in [0.5, 0.6) is 0 Å². The summed E-state index contributed by atoms with van der Waals surface area (Å²) in [5.74, 6) is 0. The van der Waals surface area contributed by atoms with Gasteiger partial charge in [0, 0.05) is 31.0 Å². The molecule has 0 unspecified atom stereocenters. The molecule has 92 valence electrons. The number of nitrogens with zero attached hydrogens (tertiary/aromatic N) is 4. The summed E-state index contributed by atoms with van der Waals surface area (Å²) in [5, 5.41) is 16.6. The number of nitrogens with one attached hydrogen (secondary N) is 1. The minimum Gasteiger partial charge on any atom is -0.378 e. The molecular formula is C13H15N5. The predicted octanol–water partition coefficient (Wildman–Crippen LogP) is 1.92. The van der Waals surface area contributed by atoms with E-state index in [1.807, 2.05) is 37.7 Å². The molecule has 0 atom stereocenters. The zero-order valence-corrected chi connectivity index (χ0v) is 10.7. The lowest BCUT2D eigenvalue weighted by Gasteiger charge is -2.07. The van der Waals surface area contributed by atoms with Crippen molar-refractivity contribution in [3.8, 4) is 6.07 Å². The monoisotopic (exact) mass is 241 g/mol. The summed E-state index contributed by atoms with van der Waals surface area (Å²) in [6.07, 6.45) is 1.62. The Morgan fingerprint density at radius 3 is 2.83 bits per heavy atom. The zero-order valence-electron chi connectivity index (χ0n) is 10.7. The van der Waals surface area contributed by atoms with Crippen LogP contribution in [0, 0.1) is 25.2 Å². The van der Waals surface area contributed by atoms with Crippen LogP contribution in [0.25, 0.3) is 0 Å². The topological polar surface area (TPSA) is 66.5 Å². The average molecular weight is 241 g/mol. The number of hydrogen-bond donors (Lipinski definition) is 1. The van der Waals surface area contributed by atoms with Crippen molar-refractivity contribution >= 4 is 5.69 Å². The first-order valence-electron chi connectivity index (χ1n) is 5.71. The molecule has 2 aromatic heterocycles. The van der Waals surface area contributed by atoms with Crippen LogP contribution in [0.4, 0.5) is 5.69 Å². The molecule has 0 fully saturated rings. The molecule has 5 nitrogen and oxygen atoms in total. The summed E-state index contributed by atoms with van der Waals surface area (Å²) in [7, 11) is 1.93. The number of rotatable bonds is 3. The maximum atomic E-state index is 8.96. The van der Waals surface area contributed by atoms with Crippen molar-refractivity contribution in [1.82, 2.24) is 14.8 Å². The summed E-state index contributed by atoms with van der Waals surface area (Å²) >= 11 is 0. The summed E-state index contributed by atoms with van der Waals surface area (Å²) in [4.78, 5) is 4.02. The predicted molar refractivity (Wildman–Crippen MR) is 69.0 cm³/mol. The lowest BCUT2D eigenvalue weighted by atomic mass is 10.2. The standard InChI is InChI=1S/C13H15N5/c1-9-11(10(2)18(3)17-9)8-16-12-5-4-6-15-13(12)7-14/h4-6,16H,8H2,1-3H3. The second-order valence-corrected chi connectivity index (χ2v) is 4.14. The SMILES string of the molecule is Cc1nn(C)c(C)c1CNc1cccnc1C#N. The number of pyridine rings is 1. The van der Waals surface area contributed by atoms with E-state index >= 15 is 0 Å². The van der Waals surface area contributed by atoms with E-state index in [-0.39, 0.29) is 0 Å². The highest BCUT2D eigenvalue weighted by Gasteiger charge is 2.09. The molecule has 0 amide bonds. The molecule has 18 heavy (non-hydrogen) atoms. The Bertz CT molecular complexity index is 606. The van der Waals surface area contributed by atoms with Gasteiger partial charge in [-0.15, -0.1) is 0 Å². The van der Waals surface area contributed by atoms with E-state index in [2.05, 4.69) is 21.5 Å². The van der Waals surface area contributed by atoms with Crippen molar-refractivity contribution in [2.24, 2.45) is 7.05 Å². The number of aryl methyl sites for hydroxylation is 2. The minimum absolute atomic E-state index is 0.414. The van der Waals surface area contributed by atoms with Gasteiger partial charge in [-0.25, -0.2) is 4.98 Å². The molecule has 0 spiro atoms. The van der Waals surface area contributed by atoms with E-state index in [1.54, 1.807) is 6.20 Å². The van der Waals surface area contributed by atoms with Crippen molar-refractivity contribution in [2.45, 2.75) is 20.4 Å². The van der Waals surface area contributed by atoms with Crippen LogP contribution in [0.15, 0.2) is 18.3 Å². The van der Waals surface area contributed by atoms with Gasteiger partial charge in [0.05, 0.1) is 11.4 Å². The van der Waals surface area contributed by atoms with E-state index in [0.717, 1.165) is 22.6 Å². The van der Waals surface area contributed by atoms with Crippen molar-refractivity contribution in [1.29, 1.82) is 5.26 Å². The summed E-state index contributed by atoms with van der Waals surface area (Å²) < 4.78 is 1.86. The Labute approximate surface area is 106 Å². The molecule has 2 rings (SSSR count). The zero-order chi connectivity index (χ0) is 13.1. The molecule has 2 heterocycles. The summed E-state index contributed by atoms with van der Waals surface area (Å²) in [5.41, 5.74) is 4.46. The Balaban J connectivity index is 2.20. The largest absolute Gasteiger partial charge is 0.378 e. The molecule has 0 aromatic carbocycles. The summed E-state index contributed by atoms with van der Waals surface area (Å²) in [6, 6.07) is 5.74. The van der Waals surface area contributed by atoms with Crippen LogP contribution < -0.4 is 5.32 Å². The van der Waals surface area contributed by atoms with E-state index < -0.39 is 0 Å². The number of aromatic nitrogens is 3. The maximum Gasteiger partial charge on any atom is 0.163 e. The molecule has 0 aliphatic heterocycles. The molecule has 2 aromatic rings. The van der Waals surface area contributed by atoms with Crippen molar-refractivity contribution in [3.05, 3.63) is 41.0 Å². The van der Waals surface area contributed by atoms with Crippen LogP contribution in [0.3, 0.4) is 0 Å². The third-order valence-electron chi connectivity index (χ3n) is 3.03. The Morgan fingerprint density at radius 2 is 2.22 bits per heavy atom. The molecule has 0 saturated carbocycles. The van der Waals surface area contributed by atoms with Crippen molar-refractivity contribution < 1.29 is 0 Å². The third-order valence-corrected chi connectivity index (χ3v) is 3.03. The first kappa shape index (κ1) is 12.1. The molecule has 0 bridgehead atoms. The highest BCUT2D eigenvalue weighted by molar-refractivity contribution is 5.53. The number of nitriles is 1.